The average Bonchev–Trinajstić information content (AvgIpc) is 2.84. The number of aryl methyl sites for hydroxylation is 1. The van der Waals surface area contributed by atoms with E-state index in [9.17, 15) is 14.1 Å². The first-order valence-corrected chi connectivity index (χ1v) is 12.6. The number of benzene rings is 3. The number of carbonyl (C=O) groups is 1. The van der Waals surface area contributed by atoms with Gasteiger partial charge in [-0.05, 0) is 49.2 Å². The summed E-state index contributed by atoms with van der Waals surface area (Å²) in [4.78, 5) is 13.7. The monoisotopic (exact) mass is 495 g/mol. The molecule has 0 saturated carbocycles. The molecule has 3 aromatic rings. The minimum Gasteiger partial charge on any atom is -0.512 e. The topological polar surface area (TPSA) is 66.8 Å². The van der Waals surface area contributed by atoms with Gasteiger partial charge in [0.1, 0.15) is 16.7 Å². The van der Waals surface area contributed by atoms with Crippen molar-refractivity contribution in [1.29, 1.82) is 0 Å². The fraction of sp³-hybridized carbons (Fsp3) is 0.222. The van der Waals surface area contributed by atoms with Crippen LogP contribution in [0.5, 0.6) is 0 Å². The number of aliphatic hydroxyl groups is 1. The van der Waals surface area contributed by atoms with Crippen LogP contribution in [0.4, 0.5) is 0 Å². The maximum Gasteiger partial charge on any atom is 0.339 e. The van der Waals surface area contributed by atoms with Crippen LogP contribution in [0.2, 0.25) is 5.02 Å². The second-order valence-corrected chi connectivity index (χ2v) is 9.92. The van der Waals surface area contributed by atoms with E-state index in [-0.39, 0.29) is 24.4 Å². The first kappa shape index (κ1) is 24.2. The average molecular weight is 496 g/mol. The number of hydrogen-bond acceptors (Lipinski definition) is 4. The van der Waals surface area contributed by atoms with Gasteiger partial charge in [0.2, 0.25) is 0 Å². The van der Waals surface area contributed by atoms with Gasteiger partial charge in [0.15, 0.2) is 0 Å². The molecule has 0 amide bonds. The molecule has 1 aliphatic heterocycles. The Balaban J connectivity index is 1.93. The standard InChI is InChI=1S/C27H26ClNO4S/c1-3-33-27(31)25-24(30)17-23(19-11-13-21(28)14-12-19)29(26(25)20-7-5-4-6-8-20)34(32)22-15-9-18(2)10-16-22/h4-16,23,26,30H,3,17H2,1-2H3/t23-,26-,34+/m1/s1. The lowest BCUT2D eigenvalue weighted by Crippen LogP contribution is -2.41. The summed E-state index contributed by atoms with van der Waals surface area (Å²) in [5.74, 6) is -0.682. The number of ether oxygens (including phenoxy) is 1. The summed E-state index contributed by atoms with van der Waals surface area (Å²) in [6, 6.07) is 22.8. The largest absolute Gasteiger partial charge is 0.512 e. The number of rotatable bonds is 6. The van der Waals surface area contributed by atoms with E-state index in [4.69, 9.17) is 16.3 Å². The Labute approximate surface area is 207 Å². The third-order valence-corrected chi connectivity index (χ3v) is 7.59. The van der Waals surface area contributed by atoms with Crippen molar-refractivity contribution in [2.75, 3.05) is 6.61 Å². The number of esters is 1. The van der Waals surface area contributed by atoms with E-state index < -0.39 is 29.0 Å². The Kier molecular flexibility index (Phi) is 7.51. The van der Waals surface area contributed by atoms with Crippen molar-refractivity contribution < 1.29 is 18.8 Å². The van der Waals surface area contributed by atoms with Crippen molar-refractivity contribution in [3.8, 4) is 0 Å². The summed E-state index contributed by atoms with van der Waals surface area (Å²) in [5.41, 5.74) is 2.73. The Morgan fingerprint density at radius 2 is 1.68 bits per heavy atom. The Morgan fingerprint density at radius 1 is 1.03 bits per heavy atom. The summed E-state index contributed by atoms with van der Waals surface area (Å²) in [6.45, 7) is 3.85. The van der Waals surface area contributed by atoms with Crippen LogP contribution in [-0.4, -0.2) is 26.2 Å². The van der Waals surface area contributed by atoms with Crippen molar-refractivity contribution in [2.24, 2.45) is 0 Å². The van der Waals surface area contributed by atoms with E-state index >= 15 is 0 Å². The van der Waals surface area contributed by atoms with Crippen molar-refractivity contribution in [3.05, 3.63) is 112 Å². The minimum absolute atomic E-state index is 0.0654. The predicted molar refractivity (Wildman–Crippen MR) is 134 cm³/mol. The van der Waals surface area contributed by atoms with Gasteiger partial charge in [-0.25, -0.2) is 13.3 Å². The normalized spacial score (nSPS) is 19.6. The van der Waals surface area contributed by atoms with Crippen LogP contribution < -0.4 is 0 Å². The molecule has 1 N–H and O–H groups in total. The van der Waals surface area contributed by atoms with Crippen LogP contribution in [-0.2, 0) is 20.5 Å². The fourth-order valence-electron chi connectivity index (χ4n) is 4.17. The van der Waals surface area contributed by atoms with Gasteiger partial charge in [-0.15, -0.1) is 0 Å². The van der Waals surface area contributed by atoms with Gasteiger partial charge in [-0.1, -0.05) is 71.8 Å². The second kappa shape index (κ2) is 10.6. The summed E-state index contributed by atoms with van der Waals surface area (Å²) < 4.78 is 21.2. The molecule has 5 nitrogen and oxygen atoms in total. The van der Waals surface area contributed by atoms with Crippen molar-refractivity contribution in [1.82, 2.24) is 4.31 Å². The molecular formula is C27H26ClNO4S. The Morgan fingerprint density at radius 3 is 2.29 bits per heavy atom. The number of nitrogens with zero attached hydrogens (tertiary/aromatic N) is 1. The maximum absolute atomic E-state index is 14.1. The molecule has 0 unspecified atom stereocenters. The molecule has 3 atom stereocenters. The molecule has 0 radical (unpaired) electrons. The van der Waals surface area contributed by atoms with Gasteiger partial charge in [0.25, 0.3) is 0 Å². The van der Waals surface area contributed by atoms with Crippen LogP contribution in [0, 0.1) is 6.92 Å². The van der Waals surface area contributed by atoms with Crippen LogP contribution in [0.1, 0.15) is 42.1 Å². The van der Waals surface area contributed by atoms with Crippen molar-refractivity contribution in [2.45, 2.75) is 37.2 Å². The second-order valence-electron chi connectivity index (χ2n) is 8.09. The van der Waals surface area contributed by atoms with Gasteiger partial charge in [0, 0.05) is 11.4 Å². The van der Waals surface area contributed by atoms with E-state index in [2.05, 4.69) is 0 Å². The van der Waals surface area contributed by atoms with Crippen LogP contribution in [0.15, 0.2) is 95.1 Å². The highest BCUT2D eigenvalue weighted by atomic mass is 35.5. The van der Waals surface area contributed by atoms with E-state index in [1.54, 1.807) is 23.4 Å². The summed E-state index contributed by atoms with van der Waals surface area (Å²) >= 11 is 6.12. The Bertz CT molecular complexity index is 1210. The lowest BCUT2D eigenvalue weighted by atomic mass is 9.88. The van der Waals surface area contributed by atoms with E-state index in [0.29, 0.717) is 9.92 Å². The fourth-order valence-corrected chi connectivity index (χ4v) is 5.76. The first-order chi connectivity index (χ1) is 16.4. The summed E-state index contributed by atoms with van der Waals surface area (Å²) in [5, 5.41) is 11.7. The van der Waals surface area contributed by atoms with Gasteiger partial charge in [-0.3, -0.25) is 0 Å². The van der Waals surface area contributed by atoms with Crippen LogP contribution in [0.25, 0.3) is 0 Å². The van der Waals surface area contributed by atoms with Crippen molar-refractivity contribution in [3.63, 3.8) is 0 Å². The first-order valence-electron chi connectivity index (χ1n) is 11.1. The zero-order chi connectivity index (χ0) is 24.2. The molecule has 0 aliphatic carbocycles. The highest BCUT2D eigenvalue weighted by Crippen LogP contribution is 2.46. The number of aliphatic hydroxyl groups excluding tert-OH is 1. The third kappa shape index (κ3) is 4.94. The molecule has 0 bridgehead atoms. The number of halogens is 1. The highest BCUT2D eigenvalue weighted by Gasteiger charge is 2.44. The zero-order valence-corrected chi connectivity index (χ0v) is 20.6. The molecule has 4 rings (SSSR count). The lowest BCUT2D eigenvalue weighted by Gasteiger charge is -2.41. The Hall–Kier alpha value is -2.93. The van der Waals surface area contributed by atoms with E-state index in [1.165, 1.54) is 0 Å². The van der Waals surface area contributed by atoms with Gasteiger partial charge in [-0.2, -0.15) is 0 Å². The molecule has 0 spiro atoms. The predicted octanol–water partition coefficient (Wildman–Crippen LogP) is 6.23. The molecular weight excluding hydrogens is 470 g/mol. The van der Waals surface area contributed by atoms with Crippen LogP contribution in [0.3, 0.4) is 0 Å². The van der Waals surface area contributed by atoms with Gasteiger partial charge in [0.05, 0.1) is 29.2 Å². The number of hydrogen-bond donors (Lipinski definition) is 1. The molecule has 7 heteroatoms. The van der Waals surface area contributed by atoms with Gasteiger partial charge >= 0.3 is 5.97 Å². The highest BCUT2D eigenvalue weighted by molar-refractivity contribution is 7.82. The molecule has 34 heavy (non-hydrogen) atoms. The quantitative estimate of drug-likeness (QED) is 0.411. The molecule has 0 fully saturated rings. The molecule has 0 saturated heterocycles. The summed E-state index contributed by atoms with van der Waals surface area (Å²) in [7, 11) is -1.65. The zero-order valence-electron chi connectivity index (χ0n) is 19.0. The van der Waals surface area contributed by atoms with Gasteiger partial charge < -0.3 is 9.84 Å². The SMILES string of the molecule is CCOC(=O)C1=C(O)C[C@H](c2ccc(Cl)cc2)N([S@@](=O)c2ccc(C)cc2)[C@@H]1c1ccccc1. The van der Waals surface area contributed by atoms with Crippen molar-refractivity contribution >= 4 is 28.6 Å². The molecule has 0 aromatic heterocycles. The third-order valence-electron chi connectivity index (χ3n) is 5.81. The smallest absolute Gasteiger partial charge is 0.339 e. The number of carbonyl (C=O) groups excluding carboxylic acids is 1. The lowest BCUT2D eigenvalue weighted by molar-refractivity contribution is -0.139. The molecule has 1 heterocycles. The molecule has 1 aliphatic rings. The molecule has 3 aromatic carbocycles. The van der Waals surface area contributed by atoms with E-state index in [1.807, 2.05) is 73.7 Å². The molecule has 176 valence electrons. The minimum atomic E-state index is -1.65. The maximum atomic E-state index is 14.1. The van der Waals surface area contributed by atoms with Crippen LogP contribution >= 0.6 is 11.6 Å². The summed E-state index contributed by atoms with van der Waals surface area (Å²) in [6.07, 6.45) is 0.108. The van der Waals surface area contributed by atoms with E-state index in [0.717, 1.165) is 16.7 Å².